The fourth-order valence-electron chi connectivity index (χ4n) is 2.47. The molecule has 0 unspecified atom stereocenters. The minimum absolute atomic E-state index is 0.211. The van der Waals surface area contributed by atoms with Gasteiger partial charge in [0.05, 0.1) is 18.9 Å². The zero-order valence-corrected chi connectivity index (χ0v) is 17.3. The number of halogens is 1. The normalized spacial score (nSPS) is 10.5. The largest absolute Gasteiger partial charge is 0.497 e. The fraction of sp³-hybridized carbons (Fsp3) is 0.0870. The quantitative estimate of drug-likeness (QED) is 0.248. The number of nitrogens with one attached hydrogen (secondary N) is 1. The van der Waals surface area contributed by atoms with Crippen LogP contribution in [0.25, 0.3) is 0 Å². The average Bonchev–Trinajstić information content (AvgIpc) is 2.78. The Morgan fingerprint density at radius 1 is 0.968 bits per heavy atom. The maximum atomic E-state index is 12.3. The molecule has 8 heteroatoms. The molecule has 1 amide bonds. The third-order valence-electron chi connectivity index (χ3n) is 3.96. The van der Waals surface area contributed by atoms with E-state index in [-0.39, 0.29) is 6.61 Å². The third kappa shape index (κ3) is 6.87. The Bertz CT molecular complexity index is 1080. The van der Waals surface area contributed by atoms with Crippen LogP contribution in [0.5, 0.6) is 17.2 Å². The van der Waals surface area contributed by atoms with Crippen molar-refractivity contribution < 1.29 is 23.8 Å². The number of carbonyl (C=O) groups is 2. The lowest BCUT2D eigenvalue weighted by atomic mass is 10.2. The summed E-state index contributed by atoms with van der Waals surface area (Å²) in [6.45, 7) is -0.211. The molecule has 0 saturated carbocycles. The molecule has 0 aliphatic rings. The Balaban J connectivity index is 1.51. The molecule has 0 aliphatic carbocycles. The molecule has 0 spiro atoms. The molecule has 0 atom stereocenters. The molecule has 158 valence electrons. The van der Waals surface area contributed by atoms with Crippen molar-refractivity contribution in [1.29, 1.82) is 0 Å². The number of ether oxygens (including phenoxy) is 3. The van der Waals surface area contributed by atoms with Gasteiger partial charge < -0.3 is 14.2 Å². The van der Waals surface area contributed by atoms with Gasteiger partial charge in [0.25, 0.3) is 5.91 Å². The zero-order valence-electron chi connectivity index (χ0n) is 16.6. The van der Waals surface area contributed by atoms with Gasteiger partial charge >= 0.3 is 5.97 Å². The molecule has 31 heavy (non-hydrogen) atoms. The van der Waals surface area contributed by atoms with E-state index in [1.54, 1.807) is 79.9 Å². The Morgan fingerprint density at radius 3 is 2.45 bits per heavy atom. The lowest BCUT2D eigenvalue weighted by Crippen LogP contribution is -2.24. The topological polar surface area (TPSA) is 86.2 Å². The van der Waals surface area contributed by atoms with Gasteiger partial charge in [-0.05, 0) is 60.2 Å². The predicted octanol–water partition coefficient (Wildman–Crippen LogP) is 4.10. The molecule has 3 aromatic carbocycles. The van der Waals surface area contributed by atoms with Crippen LogP contribution in [-0.4, -0.2) is 31.8 Å². The first-order valence-electron chi connectivity index (χ1n) is 9.20. The van der Waals surface area contributed by atoms with E-state index in [9.17, 15) is 9.59 Å². The van der Waals surface area contributed by atoms with Crippen molar-refractivity contribution in [2.45, 2.75) is 0 Å². The fourth-order valence-corrected chi connectivity index (χ4v) is 2.65. The highest BCUT2D eigenvalue weighted by Crippen LogP contribution is 2.17. The van der Waals surface area contributed by atoms with Gasteiger partial charge in [-0.2, -0.15) is 5.10 Å². The molecular weight excluding hydrogens is 420 g/mol. The number of nitrogens with zero attached hydrogens (tertiary/aromatic N) is 1. The summed E-state index contributed by atoms with van der Waals surface area (Å²) in [5, 5.41) is 4.40. The van der Waals surface area contributed by atoms with Crippen LogP contribution in [0.2, 0.25) is 5.02 Å². The van der Waals surface area contributed by atoms with Crippen molar-refractivity contribution in [1.82, 2.24) is 5.43 Å². The third-order valence-corrected chi connectivity index (χ3v) is 4.20. The standard InChI is InChI=1S/C23H19ClN2O5/c1-29-19-10-8-17(9-11-19)23(28)31-21-7-2-4-16(12-21)14-25-26-22(27)15-30-20-6-3-5-18(24)13-20/h2-14H,15H2,1H3,(H,26,27). The van der Waals surface area contributed by atoms with Gasteiger partial charge in [-0.15, -0.1) is 0 Å². The summed E-state index contributed by atoms with van der Waals surface area (Å²) in [5.74, 6) is 0.551. The molecule has 1 N–H and O–H groups in total. The molecule has 0 radical (unpaired) electrons. The van der Waals surface area contributed by atoms with E-state index in [1.165, 1.54) is 6.21 Å². The van der Waals surface area contributed by atoms with Crippen LogP contribution in [0.4, 0.5) is 0 Å². The number of amides is 1. The van der Waals surface area contributed by atoms with Gasteiger partial charge in [-0.25, -0.2) is 10.2 Å². The Labute approximate surface area is 184 Å². The van der Waals surface area contributed by atoms with Crippen LogP contribution in [0.1, 0.15) is 15.9 Å². The van der Waals surface area contributed by atoms with E-state index in [2.05, 4.69) is 10.5 Å². The minimum atomic E-state index is -0.497. The Kier molecular flexibility index (Phi) is 7.61. The van der Waals surface area contributed by atoms with Crippen molar-refractivity contribution in [3.63, 3.8) is 0 Å². The number of rotatable bonds is 8. The maximum Gasteiger partial charge on any atom is 0.343 e. The van der Waals surface area contributed by atoms with Crippen LogP contribution < -0.4 is 19.6 Å². The number of methoxy groups -OCH3 is 1. The molecule has 0 aliphatic heterocycles. The lowest BCUT2D eigenvalue weighted by molar-refractivity contribution is -0.123. The summed E-state index contributed by atoms with van der Waals surface area (Å²) in [6, 6.07) is 20.1. The smallest absolute Gasteiger partial charge is 0.343 e. The first-order valence-corrected chi connectivity index (χ1v) is 9.58. The van der Waals surface area contributed by atoms with Gasteiger partial charge in [-0.3, -0.25) is 4.79 Å². The summed E-state index contributed by atoms with van der Waals surface area (Å²) in [6.07, 6.45) is 1.43. The van der Waals surface area contributed by atoms with Gasteiger partial charge in [0.2, 0.25) is 0 Å². The lowest BCUT2D eigenvalue weighted by Gasteiger charge is -2.06. The van der Waals surface area contributed by atoms with Gasteiger partial charge in [0.15, 0.2) is 6.61 Å². The second-order valence-electron chi connectivity index (χ2n) is 6.23. The van der Waals surface area contributed by atoms with E-state index in [0.29, 0.717) is 33.4 Å². The molecule has 0 aromatic heterocycles. The summed E-state index contributed by atoms with van der Waals surface area (Å²) >= 11 is 5.86. The number of benzene rings is 3. The first-order chi connectivity index (χ1) is 15.0. The summed E-state index contributed by atoms with van der Waals surface area (Å²) in [7, 11) is 1.55. The molecule has 0 heterocycles. The van der Waals surface area contributed by atoms with Crippen LogP contribution in [0.3, 0.4) is 0 Å². The SMILES string of the molecule is COc1ccc(C(=O)Oc2cccc(C=NNC(=O)COc3cccc(Cl)c3)c2)cc1. The predicted molar refractivity (Wildman–Crippen MR) is 117 cm³/mol. The highest BCUT2D eigenvalue weighted by atomic mass is 35.5. The number of hydrazone groups is 1. The van der Waals surface area contributed by atoms with E-state index < -0.39 is 11.9 Å². The number of hydrogen-bond acceptors (Lipinski definition) is 6. The Hall–Kier alpha value is -3.84. The van der Waals surface area contributed by atoms with Crippen molar-refractivity contribution in [3.05, 3.63) is 88.9 Å². The van der Waals surface area contributed by atoms with Crippen LogP contribution >= 0.6 is 11.6 Å². The second kappa shape index (κ2) is 10.8. The van der Waals surface area contributed by atoms with E-state index in [4.69, 9.17) is 25.8 Å². The molecule has 0 fully saturated rings. The molecule has 0 bridgehead atoms. The van der Waals surface area contributed by atoms with E-state index in [0.717, 1.165) is 0 Å². The zero-order chi connectivity index (χ0) is 22.1. The van der Waals surface area contributed by atoms with E-state index >= 15 is 0 Å². The van der Waals surface area contributed by atoms with Crippen LogP contribution in [-0.2, 0) is 4.79 Å². The molecule has 3 aromatic rings. The van der Waals surface area contributed by atoms with E-state index in [1.807, 2.05) is 0 Å². The first kappa shape index (κ1) is 21.9. The highest BCUT2D eigenvalue weighted by molar-refractivity contribution is 6.30. The highest BCUT2D eigenvalue weighted by Gasteiger charge is 2.09. The Morgan fingerprint density at radius 2 is 1.71 bits per heavy atom. The number of esters is 1. The average molecular weight is 439 g/mol. The van der Waals surface area contributed by atoms with Crippen molar-refractivity contribution >= 4 is 29.7 Å². The maximum absolute atomic E-state index is 12.3. The molecular formula is C23H19ClN2O5. The molecule has 3 rings (SSSR count). The summed E-state index contributed by atoms with van der Waals surface area (Å²) in [4.78, 5) is 24.1. The number of hydrogen-bond donors (Lipinski definition) is 1. The van der Waals surface area contributed by atoms with Crippen molar-refractivity contribution in [2.24, 2.45) is 5.10 Å². The molecule has 7 nitrogen and oxygen atoms in total. The van der Waals surface area contributed by atoms with Gasteiger partial charge in [-0.1, -0.05) is 29.8 Å². The monoisotopic (exact) mass is 438 g/mol. The van der Waals surface area contributed by atoms with Crippen molar-refractivity contribution in [3.8, 4) is 17.2 Å². The summed E-state index contributed by atoms with van der Waals surface area (Å²) < 4.78 is 15.8. The van der Waals surface area contributed by atoms with Crippen molar-refractivity contribution in [2.75, 3.05) is 13.7 Å². The number of carbonyl (C=O) groups excluding carboxylic acids is 2. The van der Waals surface area contributed by atoms with Gasteiger partial charge in [0.1, 0.15) is 17.2 Å². The van der Waals surface area contributed by atoms with Crippen LogP contribution in [0.15, 0.2) is 77.9 Å². The van der Waals surface area contributed by atoms with Gasteiger partial charge in [0, 0.05) is 5.02 Å². The second-order valence-corrected chi connectivity index (χ2v) is 6.67. The minimum Gasteiger partial charge on any atom is -0.497 e. The molecule has 0 saturated heterocycles. The van der Waals surface area contributed by atoms with Crippen LogP contribution in [0, 0.1) is 0 Å². The summed E-state index contributed by atoms with van der Waals surface area (Å²) in [5.41, 5.74) is 3.40.